The summed E-state index contributed by atoms with van der Waals surface area (Å²) < 4.78 is 71.5. The molecule has 3 aromatic carbocycles. The second-order valence-electron chi connectivity index (χ2n) is 8.77. The van der Waals surface area contributed by atoms with E-state index < -0.39 is 33.4 Å². The maximum Gasteiger partial charge on any atom is 0.418 e. The number of benzene rings is 3. The fourth-order valence-corrected chi connectivity index (χ4v) is 6.67. The van der Waals surface area contributed by atoms with Crippen molar-refractivity contribution in [3.05, 3.63) is 96.1 Å². The Kier molecular flexibility index (Phi) is 6.95. The lowest BCUT2D eigenvalue weighted by Gasteiger charge is -2.29. The molecule has 3 aromatic rings. The van der Waals surface area contributed by atoms with Crippen LogP contribution in [0.3, 0.4) is 0 Å². The molecule has 1 aliphatic rings. The van der Waals surface area contributed by atoms with Gasteiger partial charge in [-0.25, -0.2) is 13.5 Å². The molecule has 0 aromatic heterocycles. The molecule has 0 N–H and O–H groups in total. The first kappa shape index (κ1) is 25.2. The first-order valence-electron chi connectivity index (χ1n) is 11.2. The van der Waals surface area contributed by atoms with E-state index in [-0.39, 0.29) is 10.9 Å². The van der Waals surface area contributed by atoms with Gasteiger partial charge in [-0.15, -0.1) is 0 Å². The Morgan fingerprint density at radius 2 is 1.43 bits per heavy atom. The number of nitrogens with zero attached hydrogens (tertiary/aromatic N) is 2. The van der Waals surface area contributed by atoms with Gasteiger partial charge in [-0.2, -0.15) is 13.2 Å². The van der Waals surface area contributed by atoms with Crippen molar-refractivity contribution in [1.82, 2.24) is 4.90 Å². The number of halogens is 3. The van der Waals surface area contributed by atoms with E-state index in [4.69, 9.17) is 4.84 Å². The summed E-state index contributed by atoms with van der Waals surface area (Å²) in [5, 5.41) is -0.839. The van der Waals surface area contributed by atoms with Crippen LogP contribution in [0.4, 0.5) is 18.9 Å². The zero-order valence-corrected chi connectivity index (χ0v) is 20.4. The third-order valence-corrected chi connectivity index (χ3v) is 8.58. The van der Waals surface area contributed by atoms with Crippen molar-refractivity contribution in [3.8, 4) is 0 Å². The molecule has 0 bridgehead atoms. The highest BCUT2D eigenvalue weighted by atomic mass is 32.2. The fraction of sp³-hybridized carbons (Fsp3) is 0.308. The Hall–Kier alpha value is -2.88. The van der Waals surface area contributed by atoms with Gasteiger partial charge in [-0.1, -0.05) is 66.7 Å². The zero-order chi connectivity index (χ0) is 25.4. The first-order valence-corrected chi connectivity index (χ1v) is 12.7. The molecule has 0 spiro atoms. The van der Waals surface area contributed by atoms with Crippen LogP contribution in [-0.4, -0.2) is 44.9 Å². The van der Waals surface area contributed by atoms with Gasteiger partial charge in [-0.3, -0.25) is 4.84 Å². The van der Waals surface area contributed by atoms with Crippen molar-refractivity contribution in [1.29, 1.82) is 0 Å². The van der Waals surface area contributed by atoms with E-state index in [0.29, 0.717) is 16.8 Å². The van der Waals surface area contributed by atoms with Crippen molar-refractivity contribution < 1.29 is 26.4 Å². The third-order valence-electron chi connectivity index (χ3n) is 6.37. The predicted octanol–water partition coefficient (Wildman–Crippen LogP) is 5.58. The highest BCUT2D eigenvalue weighted by Crippen LogP contribution is 2.48. The molecule has 4 rings (SSSR count). The number of sulfone groups is 1. The maximum atomic E-state index is 14.4. The van der Waals surface area contributed by atoms with E-state index in [1.807, 2.05) is 11.8 Å². The number of hydrogen-bond donors (Lipinski definition) is 0. The lowest BCUT2D eigenvalue weighted by atomic mass is 10.0. The smallest absolute Gasteiger partial charge is 0.303 e. The Balaban J connectivity index is 1.95. The van der Waals surface area contributed by atoms with Crippen molar-refractivity contribution in [2.75, 3.05) is 19.2 Å². The molecular formula is C26H27F3N2O3S. The van der Waals surface area contributed by atoms with E-state index in [1.54, 1.807) is 86.9 Å². The molecule has 5 nitrogen and oxygen atoms in total. The van der Waals surface area contributed by atoms with Gasteiger partial charge in [0.1, 0.15) is 11.3 Å². The van der Waals surface area contributed by atoms with Crippen molar-refractivity contribution in [2.45, 2.75) is 41.4 Å². The summed E-state index contributed by atoms with van der Waals surface area (Å²) in [7, 11) is -0.958. The van der Waals surface area contributed by atoms with E-state index in [9.17, 15) is 21.6 Å². The molecule has 0 unspecified atom stereocenters. The Morgan fingerprint density at radius 3 is 2.00 bits per heavy atom. The van der Waals surface area contributed by atoms with Gasteiger partial charge in [0.05, 0.1) is 10.6 Å². The summed E-state index contributed by atoms with van der Waals surface area (Å²) in [6.45, 7) is 1.81. The van der Waals surface area contributed by atoms with E-state index >= 15 is 0 Å². The molecule has 1 aliphatic heterocycles. The molecule has 9 heteroatoms. The van der Waals surface area contributed by atoms with Crippen LogP contribution in [0.2, 0.25) is 0 Å². The number of hydroxylamine groups is 1. The van der Waals surface area contributed by atoms with Crippen LogP contribution < -0.4 is 5.06 Å². The van der Waals surface area contributed by atoms with Crippen LogP contribution in [0.1, 0.15) is 30.1 Å². The monoisotopic (exact) mass is 504 g/mol. The lowest BCUT2D eigenvalue weighted by Crippen LogP contribution is -2.43. The predicted molar refractivity (Wildman–Crippen MR) is 129 cm³/mol. The highest BCUT2D eigenvalue weighted by Gasteiger charge is 2.62. The SMILES string of the molecule is C[C@@H](c1ccccc1S(=O)(=O)[C@@H]1[C@@H](c2ccccc2)N(c2ccccc2)O[C@H]1C(F)(F)F)N(C)C. The number of hydrogen-bond acceptors (Lipinski definition) is 5. The van der Waals surface area contributed by atoms with Gasteiger partial charge in [0.25, 0.3) is 0 Å². The molecule has 4 atom stereocenters. The van der Waals surface area contributed by atoms with Gasteiger partial charge in [0.15, 0.2) is 9.84 Å². The molecule has 0 radical (unpaired) electrons. The van der Waals surface area contributed by atoms with Crippen LogP contribution in [0.15, 0.2) is 89.8 Å². The molecule has 186 valence electrons. The molecule has 0 saturated carbocycles. The minimum atomic E-state index is -4.92. The Bertz CT molecular complexity index is 1250. The van der Waals surface area contributed by atoms with E-state index in [1.165, 1.54) is 12.1 Å². The molecule has 0 amide bonds. The molecule has 1 heterocycles. The minimum absolute atomic E-state index is 0.125. The van der Waals surface area contributed by atoms with Gasteiger partial charge < -0.3 is 4.90 Å². The normalized spacial score (nSPS) is 21.9. The van der Waals surface area contributed by atoms with Crippen LogP contribution in [0, 0.1) is 0 Å². The second kappa shape index (κ2) is 9.64. The first-order chi connectivity index (χ1) is 16.5. The zero-order valence-electron chi connectivity index (χ0n) is 19.6. The highest BCUT2D eigenvalue weighted by molar-refractivity contribution is 7.92. The Labute approximate surface area is 203 Å². The van der Waals surface area contributed by atoms with Crippen LogP contribution in [0.25, 0.3) is 0 Å². The van der Waals surface area contributed by atoms with Crippen LogP contribution >= 0.6 is 0 Å². The molecule has 1 saturated heterocycles. The van der Waals surface area contributed by atoms with Gasteiger partial charge in [0.2, 0.25) is 6.10 Å². The summed E-state index contributed by atoms with van der Waals surface area (Å²) in [5.41, 5.74) is 1.18. The second-order valence-corrected chi connectivity index (χ2v) is 10.8. The topological polar surface area (TPSA) is 49.9 Å². The summed E-state index contributed by atoms with van der Waals surface area (Å²) in [4.78, 5) is 7.15. The average molecular weight is 505 g/mol. The summed E-state index contributed by atoms with van der Waals surface area (Å²) >= 11 is 0. The lowest BCUT2D eigenvalue weighted by molar-refractivity contribution is -0.208. The molecule has 35 heavy (non-hydrogen) atoms. The summed E-state index contributed by atoms with van der Waals surface area (Å²) in [6, 6.07) is 21.2. The molecule has 1 fully saturated rings. The van der Waals surface area contributed by atoms with Crippen molar-refractivity contribution in [2.24, 2.45) is 0 Å². The molecule has 0 aliphatic carbocycles. The summed E-state index contributed by atoms with van der Waals surface area (Å²) in [6.07, 6.45) is -7.48. The maximum absolute atomic E-state index is 14.4. The largest absolute Gasteiger partial charge is 0.418 e. The minimum Gasteiger partial charge on any atom is -0.303 e. The van der Waals surface area contributed by atoms with E-state index in [0.717, 1.165) is 5.06 Å². The quantitative estimate of drug-likeness (QED) is 0.439. The number of anilines is 1. The number of rotatable bonds is 6. The summed E-state index contributed by atoms with van der Waals surface area (Å²) in [5.74, 6) is 0. The Morgan fingerprint density at radius 1 is 0.886 bits per heavy atom. The van der Waals surface area contributed by atoms with Crippen molar-refractivity contribution >= 4 is 15.5 Å². The fourth-order valence-electron chi connectivity index (χ4n) is 4.41. The number of alkyl halides is 3. The van der Waals surface area contributed by atoms with Crippen molar-refractivity contribution in [3.63, 3.8) is 0 Å². The average Bonchev–Trinajstić information content (AvgIpc) is 3.27. The van der Waals surface area contributed by atoms with Crippen LogP contribution in [0.5, 0.6) is 0 Å². The van der Waals surface area contributed by atoms with Crippen LogP contribution in [-0.2, 0) is 14.7 Å². The van der Waals surface area contributed by atoms with Gasteiger partial charge >= 0.3 is 6.18 Å². The molecular weight excluding hydrogens is 477 g/mol. The van der Waals surface area contributed by atoms with Gasteiger partial charge in [0, 0.05) is 6.04 Å². The standard InChI is InChI=1S/C26H27F3N2O3S/c1-18(30(2)3)21-16-10-11-17-22(21)35(32,33)24-23(19-12-6-4-7-13-19)31(20-14-8-5-9-15-20)34-25(24)26(27,28)29/h4-18,23-25H,1-3H3/t18-,23+,24+,25+/m0/s1. The van der Waals surface area contributed by atoms with Gasteiger partial charge in [-0.05, 0) is 50.3 Å². The third kappa shape index (κ3) is 4.80. The number of para-hydroxylation sites is 1. The van der Waals surface area contributed by atoms with E-state index in [2.05, 4.69) is 0 Å².